The highest BCUT2D eigenvalue weighted by atomic mass is 19.1. The average molecular weight is 271 g/mol. The summed E-state index contributed by atoms with van der Waals surface area (Å²) in [6.45, 7) is 5.90. The normalized spacial score (nSPS) is 10.4. The fraction of sp³-hybridized carbons (Fsp3) is 0.235. The van der Waals surface area contributed by atoms with Gasteiger partial charge in [-0.25, -0.2) is 4.39 Å². The highest BCUT2D eigenvalue weighted by Gasteiger charge is 2.07. The molecule has 0 unspecified atom stereocenters. The number of rotatable bonds is 3. The van der Waals surface area contributed by atoms with Crippen LogP contribution in [0.15, 0.2) is 36.4 Å². The summed E-state index contributed by atoms with van der Waals surface area (Å²) in [5, 5.41) is 2.75. The molecule has 0 aliphatic carbocycles. The Hall–Kier alpha value is -2.16. The third-order valence-corrected chi connectivity index (χ3v) is 3.41. The van der Waals surface area contributed by atoms with E-state index in [2.05, 4.69) is 5.32 Å². The van der Waals surface area contributed by atoms with E-state index in [-0.39, 0.29) is 18.1 Å². The van der Waals surface area contributed by atoms with Gasteiger partial charge in [-0.15, -0.1) is 0 Å². The van der Waals surface area contributed by atoms with Crippen LogP contribution in [0, 0.1) is 26.6 Å². The van der Waals surface area contributed by atoms with Gasteiger partial charge >= 0.3 is 0 Å². The van der Waals surface area contributed by atoms with E-state index in [4.69, 9.17) is 0 Å². The molecule has 3 heteroatoms. The van der Waals surface area contributed by atoms with Gasteiger partial charge in [0.1, 0.15) is 5.82 Å². The monoisotopic (exact) mass is 271 g/mol. The highest BCUT2D eigenvalue weighted by molar-refractivity contribution is 5.93. The molecule has 1 amide bonds. The van der Waals surface area contributed by atoms with Crippen LogP contribution >= 0.6 is 0 Å². The zero-order chi connectivity index (χ0) is 14.7. The van der Waals surface area contributed by atoms with Gasteiger partial charge in [0.05, 0.1) is 6.42 Å². The number of benzene rings is 2. The average Bonchev–Trinajstić information content (AvgIpc) is 2.38. The summed E-state index contributed by atoms with van der Waals surface area (Å²) in [5.74, 6) is -0.487. The van der Waals surface area contributed by atoms with Crippen molar-refractivity contribution < 1.29 is 9.18 Å². The molecule has 0 saturated carbocycles. The lowest BCUT2D eigenvalue weighted by Gasteiger charge is -2.09. The lowest BCUT2D eigenvalue weighted by molar-refractivity contribution is -0.115. The van der Waals surface area contributed by atoms with Gasteiger partial charge in [0, 0.05) is 5.69 Å². The van der Waals surface area contributed by atoms with Crippen molar-refractivity contribution in [1.82, 2.24) is 0 Å². The predicted molar refractivity (Wildman–Crippen MR) is 79.4 cm³/mol. The molecule has 0 aliphatic rings. The molecule has 0 bridgehead atoms. The van der Waals surface area contributed by atoms with E-state index in [0.29, 0.717) is 5.69 Å². The second-order valence-corrected chi connectivity index (χ2v) is 5.10. The van der Waals surface area contributed by atoms with Gasteiger partial charge in [-0.05, 0) is 55.2 Å². The summed E-state index contributed by atoms with van der Waals surface area (Å²) in [6, 6.07) is 10.3. The Balaban J connectivity index is 2.09. The summed E-state index contributed by atoms with van der Waals surface area (Å²) in [5.41, 5.74) is 4.70. The molecule has 104 valence electrons. The van der Waals surface area contributed by atoms with E-state index in [1.54, 1.807) is 6.07 Å². The molecule has 0 fully saturated rings. The maximum Gasteiger partial charge on any atom is 0.228 e. The Morgan fingerprint density at radius 3 is 2.40 bits per heavy atom. The Labute approximate surface area is 118 Å². The van der Waals surface area contributed by atoms with Gasteiger partial charge in [0.15, 0.2) is 0 Å². The van der Waals surface area contributed by atoms with Crippen LogP contribution in [0.2, 0.25) is 0 Å². The zero-order valence-electron chi connectivity index (χ0n) is 12.0. The number of nitrogens with one attached hydrogen (secondary N) is 1. The number of amides is 1. The van der Waals surface area contributed by atoms with E-state index in [1.165, 1.54) is 17.7 Å². The molecule has 20 heavy (non-hydrogen) atoms. The molecule has 0 saturated heterocycles. The van der Waals surface area contributed by atoms with E-state index < -0.39 is 0 Å². The predicted octanol–water partition coefficient (Wildman–Crippen LogP) is 3.93. The molecular weight excluding hydrogens is 253 g/mol. The first-order chi connectivity index (χ1) is 9.45. The van der Waals surface area contributed by atoms with Crippen molar-refractivity contribution >= 4 is 11.6 Å². The highest BCUT2D eigenvalue weighted by Crippen LogP contribution is 2.17. The van der Waals surface area contributed by atoms with Crippen molar-refractivity contribution in [3.8, 4) is 0 Å². The first-order valence-electron chi connectivity index (χ1n) is 6.58. The number of aryl methyl sites for hydroxylation is 3. The maximum atomic E-state index is 13.2. The van der Waals surface area contributed by atoms with Crippen molar-refractivity contribution in [2.24, 2.45) is 0 Å². The molecule has 0 aliphatic heterocycles. The Bertz CT molecular complexity index is 649. The van der Waals surface area contributed by atoms with Crippen LogP contribution in [-0.4, -0.2) is 5.91 Å². The van der Waals surface area contributed by atoms with Gasteiger partial charge in [0.2, 0.25) is 5.91 Å². The molecule has 0 radical (unpaired) electrons. The lowest BCUT2D eigenvalue weighted by Crippen LogP contribution is -2.15. The van der Waals surface area contributed by atoms with Crippen LogP contribution in [0.5, 0.6) is 0 Å². The Morgan fingerprint density at radius 1 is 1.00 bits per heavy atom. The summed E-state index contributed by atoms with van der Waals surface area (Å²) >= 11 is 0. The van der Waals surface area contributed by atoms with Crippen molar-refractivity contribution in [3.63, 3.8) is 0 Å². The number of hydrogen-bond donors (Lipinski definition) is 1. The van der Waals surface area contributed by atoms with Crippen LogP contribution in [0.4, 0.5) is 10.1 Å². The maximum absolute atomic E-state index is 13.2. The van der Waals surface area contributed by atoms with Crippen LogP contribution in [0.3, 0.4) is 0 Å². The smallest absolute Gasteiger partial charge is 0.228 e. The van der Waals surface area contributed by atoms with Crippen LogP contribution < -0.4 is 5.32 Å². The third kappa shape index (κ3) is 3.44. The summed E-state index contributed by atoms with van der Waals surface area (Å²) in [6.07, 6.45) is 0.289. The lowest BCUT2D eigenvalue weighted by atomic mass is 10.0. The van der Waals surface area contributed by atoms with E-state index in [9.17, 15) is 9.18 Å². The number of carbonyl (C=O) groups excluding carboxylic acids is 1. The van der Waals surface area contributed by atoms with Gasteiger partial charge in [-0.2, -0.15) is 0 Å². The summed E-state index contributed by atoms with van der Waals surface area (Å²) < 4.78 is 13.2. The molecule has 0 atom stereocenters. The van der Waals surface area contributed by atoms with Gasteiger partial charge in [-0.1, -0.05) is 24.3 Å². The molecule has 0 aromatic heterocycles. The molecule has 1 N–H and O–H groups in total. The van der Waals surface area contributed by atoms with E-state index in [1.807, 2.05) is 39.0 Å². The van der Waals surface area contributed by atoms with Crippen LogP contribution in [0.1, 0.15) is 22.3 Å². The number of halogens is 1. The first-order valence-corrected chi connectivity index (χ1v) is 6.58. The Morgan fingerprint density at radius 2 is 1.70 bits per heavy atom. The number of anilines is 1. The fourth-order valence-corrected chi connectivity index (χ4v) is 2.02. The molecule has 2 rings (SSSR count). The number of carbonyl (C=O) groups is 1. The second-order valence-electron chi connectivity index (χ2n) is 5.10. The standard InChI is InChI=1S/C17H18FNO/c1-11-4-6-14(8-13(11)3)9-17(20)19-16-10-15(18)7-5-12(16)2/h4-8,10H,9H2,1-3H3,(H,19,20). The minimum atomic E-state index is -0.350. The topological polar surface area (TPSA) is 29.1 Å². The SMILES string of the molecule is Cc1ccc(CC(=O)Nc2cc(F)ccc2C)cc1C. The largest absolute Gasteiger partial charge is 0.325 e. The van der Waals surface area contributed by atoms with Gasteiger partial charge in [-0.3, -0.25) is 4.79 Å². The zero-order valence-corrected chi connectivity index (χ0v) is 12.0. The van der Waals surface area contributed by atoms with Crippen LogP contribution in [0.25, 0.3) is 0 Å². The summed E-state index contributed by atoms with van der Waals surface area (Å²) in [4.78, 5) is 12.0. The van der Waals surface area contributed by atoms with Gasteiger partial charge in [0.25, 0.3) is 0 Å². The van der Waals surface area contributed by atoms with E-state index >= 15 is 0 Å². The molecule has 0 heterocycles. The van der Waals surface area contributed by atoms with Crippen molar-refractivity contribution in [2.45, 2.75) is 27.2 Å². The first kappa shape index (κ1) is 14.3. The minimum Gasteiger partial charge on any atom is -0.325 e. The molecular formula is C17H18FNO. The second kappa shape index (κ2) is 5.87. The number of hydrogen-bond acceptors (Lipinski definition) is 1. The van der Waals surface area contributed by atoms with Crippen molar-refractivity contribution in [3.05, 3.63) is 64.5 Å². The quantitative estimate of drug-likeness (QED) is 0.900. The molecule has 2 aromatic rings. The molecule has 2 aromatic carbocycles. The fourth-order valence-electron chi connectivity index (χ4n) is 2.02. The molecule has 0 spiro atoms. The Kier molecular flexibility index (Phi) is 4.18. The van der Waals surface area contributed by atoms with Gasteiger partial charge < -0.3 is 5.32 Å². The molecule has 2 nitrogen and oxygen atoms in total. The summed E-state index contributed by atoms with van der Waals surface area (Å²) in [7, 11) is 0. The van der Waals surface area contributed by atoms with E-state index in [0.717, 1.165) is 16.7 Å². The minimum absolute atomic E-state index is 0.137. The van der Waals surface area contributed by atoms with Crippen LogP contribution in [-0.2, 0) is 11.2 Å². The third-order valence-electron chi connectivity index (χ3n) is 3.41. The van der Waals surface area contributed by atoms with Crippen molar-refractivity contribution in [2.75, 3.05) is 5.32 Å². The van der Waals surface area contributed by atoms with Crippen molar-refractivity contribution in [1.29, 1.82) is 0 Å².